The highest BCUT2D eigenvalue weighted by Crippen LogP contribution is 2.21. The number of nitrogens with zero attached hydrogens (tertiary/aromatic N) is 1. The largest absolute Gasteiger partial charge is 0.313 e. The lowest BCUT2D eigenvalue weighted by molar-refractivity contribution is 0.242. The Morgan fingerprint density at radius 1 is 1.36 bits per heavy atom. The zero-order valence-corrected chi connectivity index (χ0v) is 10.1. The highest BCUT2D eigenvalue weighted by Gasteiger charge is 2.18. The summed E-state index contributed by atoms with van der Waals surface area (Å²) in [7, 11) is 2.27. The predicted molar refractivity (Wildman–Crippen MR) is 62.6 cm³/mol. The minimum absolute atomic E-state index is 0.673. The zero-order chi connectivity index (χ0) is 10.4. The predicted octanol–water partition coefficient (Wildman–Crippen LogP) is 2.25. The molecule has 1 atom stereocenters. The van der Waals surface area contributed by atoms with E-state index in [-0.39, 0.29) is 0 Å². The fourth-order valence-electron chi connectivity index (χ4n) is 2.16. The fourth-order valence-corrected chi connectivity index (χ4v) is 2.16. The Bertz CT molecular complexity index is 141. The minimum atomic E-state index is 0.673. The van der Waals surface area contributed by atoms with Crippen molar-refractivity contribution >= 4 is 0 Å². The lowest BCUT2D eigenvalue weighted by Gasteiger charge is -2.24. The molecular formula is C12H26N2. The lowest BCUT2D eigenvalue weighted by Crippen LogP contribution is -2.37. The number of hydrogen-bond acceptors (Lipinski definition) is 2. The summed E-state index contributed by atoms with van der Waals surface area (Å²) in [6, 6.07) is 1.54. The summed E-state index contributed by atoms with van der Waals surface area (Å²) in [6.45, 7) is 6.84. The van der Waals surface area contributed by atoms with Crippen LogP contribution in [0.2, 0.25) is 0 Å². The van der Waals surface area contributed by atoms with Crippen molar-refractivity contribution in [2.24, 2.45) is 0 Å². The molecule has 0 saturated heterocycles. The third kappa shape index (κ3) is 3.97. The molecule has 2 heteroatoms. The Morgan fingerprint density at radius 2 is 2.00 bits per heavy atom. The maximum atomic E-state index is 3.54. The Morgan fingerprint density at radius 3 is 2.57 bits per heavy atom. The van der Waals surface area contributed by atoms with Gasteiger partial charge in [0, 0.05) is 25.2 Å². The number of rotatable bonds is 6. The maximum absolute atomic E-state index is 3.54. The molecule has 1 aliphatic carbocycles. The van der Waals surface area contributed by atoms with E-state index in [0.717, 1.165) is 12.6 Å². The molecule has 1 unspecified atom stereocenters. The van der Waals surface area contributed by atoms with Crippen LogP contribution in [0.1, 0.15) is 46.0 Å². The molecule has 0 aromatic heterocycles. The van der Waals surface area contributed by atoms with Crippen molar-refractivity contribution in [1.29, 1.82) is 0 Å². The van der Waals surface area contributed by atoms with E-state index >= 15 is 0 Å². The number of nitrogens with one attached hydrogen (secondary N) is 1. The van der Waals surface area contributed by atoms with Crippen LogP contribution in [-0.2, 0) is 0 Å². The van der Waals surface area contributed by atoms with Crippen molar-refractivity contribution in [3.8, 4) is 0 Å². The molecule has 0 amide bonds. The molecule has 84 valence electrons. The van der Waals surface area contributed by atoms with Crippen LogP contribution in [0, 0.1) is 0 Å². The van der Waals surface area contributed by atoms with Crippen molar-refractivity contribution < 1.29 is 0 Å². The van der Waals surface area contributed by atoms with E-state index in [1.165, 1.54) is 38.6 Å². The molecule has 0 heterocycles. The molecule has 0 radical (unpaired) electrons. The maximum Gasteiger partial charge on any atom is 0.0107 e. The molecule has 0 aromatic rings. The summed E-state index contributed by atoms with van der Waals surface area (Å²) in [5, 5.41) is 3.54. The van der Waals surface area contributed by atoms with Crippen LogP contribution in [0.3, 0.4) is 0 Å². The van der Waals surface area contributed by atoms with Gasteiger partial charge in [0.25, 0.3) is 0 Å². The van der Waals surface area contributed by atoms with Gasteiger partial charge >= 0.3 is 0 Å². The van der Waals surface area contributed by atoms with E-state index in [1.54, 1.807) is 0 Å². The SMILES string of the molecule is CCC(C)NCCN(C)C1CCCC1. The van der Waals surface area contributed by atoms with E-state index in [9.17, 15) is 0 Å². The highest BCUT2D eigenvalue weighted by molar-refractivity contribution is 4.75. The molecule has 0 aromatic carbocycles. The van der Waals surface area contributed by atoms with Crippen molar-refractivity contribution in [2.45, 2.75) is 58.0 Å². The van der Waals surface area contributed by atoms with Gasteiger partial charge in [-0.1, -0.05) is 19.8 Å². The monoisotopic (exact) mass is 198 g/mol. The van der Waals surface area contributed by atoms with Crippen molar-refractivity contribution in [3.05, 3.63) is 0 Å². The summed E-state index contributed by atoms with van der Waals surface area (Å²) < 4.78 is 0. The summed E-state index contributed by atoms with van der Waals surface area (Å²) in [5.41, 5.74) is 0. The summed E-state index contributed by atoms with van der Waals surface area (Å²) >= 11 is 0. The Hall–Kier alpha value is -0.0800. The second kappa shape index (κ2) is 6.41. The Balaban J connectivity index is 2.05. The molecule has 0 aliphatic heterocycles. The van der Waals surface area contributed by atoms with Gasteiger partial charge in [-0.2, -0.15) is 0 Å². The summed E-state index contributed by atoms with van der Waals surface area (Å²) in [4.78, 5) is 2.53. The Labute approximate surface area is 89.1 Å². The molecule has 1 N–H and O–H groups in total. The highest BCUT2D eigenvalue weighted by atomic mass is 15.1. The molecule has 2 nitrogen and oxygen atoms in total. The molecule has 1 rings (SSSR count). The van der Waals surface area contributed by atoms with Gasteiger partial charge in [-0.25, -0.2) is 0 Å². The van der Waals surface area contributed by atoms with Crippen LogP contribution in [0.4, 0.5) is 0 Å². The van der Waals surface area contributed by atoms with E-state index in [0.29, 0.717) is 6.04 Å². The van der Waals surface area contributed by atoms with Crippen molar-refractivity contribution in [3.63, 3.8) is 0 Å². The van der Waals surface area contributed by atoms with Crippen LogP contribution in [0.15, 0.2) is 0 Å². The first kappa shape index (κ1) is 12.0. The van der Waals surface area contributed by atoms with Crippen LogP contribution in [0.5, 0.6) is 0 Å². The second-order valence-corrected chi connectivity index (χ2v) is 4.68. The fraction of sp³-hybridized carbons (Fsp3) is 1.00. The third-order valence-electron chi connectivity index (χ3n) is 3.52. The molecule has 14 heavy (non-hydrogen) atoms. The van der Waals surface area contributed by atoms with Gasteiger partial charge in [-0.3, -0.25) is 0 Å². The van der Waals surface area contributed by atoms with E-state index in [4.69, 9.17) is 0 Å². The first-order valence-corrected chi connectivity index (χ1v) is 6.17. The average molecular weight is 198 g/mol. The van der Waals surface area contributed by atoms with Crippen LogP contribution < -0.4 is 5.32 Å². The van der Waals surface area contributed by atoms with Crippen LogP contribution >= 0.6 is 0 Å². The van der Waals surface area contributed by atoms with Crippen LogP contribution in [0.25, 0.3) is 0 Å². The normalized spacial score (nSPS) is 20.6. The van der Waals surface area contributed by atoms with E-state index in [1.807, 2.05) is 0 Å². The molecule has 1 aliphatic rings. The minimum Gasteiger partial charge on any atom is -0.313 e. The average Bonchev–Trinajstić information content (AvgIpc) is 2.70. The van der Waals surface area contributed by atoms with Gasteiger partial charge in [0.2, 0.25) is 0 Å². The lowest BCUT2D eigenvalue weighted by atomic mass is 10.2. The van der Waals surface area contributed by atoms with Gasteiger partial charge in [-0.05, 0) is 33.2 Å². The standard InChI is InChI=1S/C12H26N2/c1-4-11(2)13-9-10-14(3)12-7-5-6-8-12/h11-13H,4-10H2,1-3H3. The Kier molecular flexibility index (Phi) is 5.49. The van der Waals surface area contributed by atoms with E-state index < -0.39 is 0 Å². The molecule has 0 bridgehead atoms. The van der Waals surface area contributed by atoms with Gasteiger partial charge < -0.3 is 10.2 Å². The van der Waals surface area contributed by atoms with Gasteiger partial charge in [0.1, 0.15) is 0 Å². The molecule has 1 fully saturated rings. The van der Waals surface area contributed by atoms with E-state index in [2.05, 4.69) is 31.1 Å². The number of likely N-dealkylation sites (N-methyl/N-ethyl adjacent to an activating group) is 1. The summed E-state index contributed by atoms with van der Waals surface area (Å²) in [6.07, 6.45) is 6.94. The third-order valence-corrected chi connectivity index (χ3v) is 3.52. The summed E-state index contributed by atoms with van der Waals surface area (Å²) in [5.74, 6) is 0. The quantitative estimate of drug-likeness (QED) is 0.704. The van der Waals surface area contributed by atoms with Gasteiger partial charge in [0.05, 0.1) is 0 Å². The second-order valence-electron chi connectivity index (χ2n) is 4.68. The van der Waals surface area contributed by atoms with Crippen LogP contribution in [-0.4, -0.2) is 37.1 Å². The van der Waals surface area contributed by atoms with Crippen molar-refractivity contribution in [1.82, 2.24) is 10.2 Å². The molecular weight excluding hydrogens is 172 g/mol. The molecule has 1 saturated carbocycles. The van der Waals surface area contributed by atoms with Gasteiger partial charge in [0.15, 0.2) is 0 Å². The van der Waals surface area contributed by atoms with Crippen molar-refractivity contribution in [2.75, 3.05) is 20.1 Å². The number of hydrogen-bond donors (Lipinski definition) is 1. The molecule has 0 spiro atoms. The smallest absolute Gasteiger partial charge is 0.0107 e. The topological polar surface area (TPSA) is 15.3 Å². The zero-order valence-electron chi connectivity index (χ0n) is 10.1. The first-order valence-electron chi connectivity index (χ1n) is 6.17. The van der Waals surface area contributed by atoms with Gasteiger partial charge in [-0.15, -0.1) is 0 Å². The first-order chi connectivity index (χ1) is 6.74.